The molecular formula is C24H25FN4O2. The zero-order valence-electron chi connectivity index (χ0n) is 17.7. The number of nitrogens with one attached hydrogen (secondary N) is 1. The molecule has 1 amide bonds. The van der Waals surface area contributed by atoms with Gasteiger partial charge >= 0.3 is 0 Å². The van der Waals surface area contributed by atoms with Crippen LogP contribution in [0, 0.1) is 19.7 Å². The minimum atomic E-state index is -0.428. The van der Waals surface area contributed by atoms with Crippen molar-refractivity contribution in [3.63, 3.8) is 0 Å². The van der Waals surface area contributed by atoms with Crippen LogP contribution in [0.25, 0.3) is 0 Å². The van der Waals surface area contributed by atoms with Gasteiger partial charge in [0.2, 0.25) is 5.91 Å². The molecule has 1 aliphatic rings. The van der Waals surface area contributed by atoms with Crippen LogP contribution in [0.1, 0.15) is 28.2 Å². The fourth-order valence-corrected chi connectivity index (χ4v) is 3.91. The Labute approximate surface area is 180 Å². The van der Waals surface area contributed by atoms with E-state index in [1.54, 1.807) is 19.9 Å². The van der Waals surface area contributed by atoms with Crippen LogP contribution >= 0.6 is 0 Å². The summed E-state index contributed by atoms with van der Waals surface area (Å²) in [5.41, 5.74) is 3.60. The lowest BCUT2D eigenvalue weighted by Crippen LogP contribution is -2.40. The number of fused-ring (bicyclic) bond motifs is 1. The fraction of sp³-hybridized carbons (Fsp3) is 0.292. The topological polar surface area (TPSA) is 67.2 Å². The molecule has 7 heteroatoms. The van der Waals surface area contributed by atoms with Crippen molar-refractivity contribution in [1.29, 1.82) is 0 Å². The number of benzene rings is 2. The van der Waals surface area contributed by atoms with E-state index >= 15 is 0 Å². The number of hydrogen-bond donors (Lipinski definition) is 1. The summed E-state index contributed by atoms with van der Waals surface area (Å²) in [4.78, 5) is 32.6. The largest absolute Gasteiger partial charge is 0.324 e. The monoisotopic (exact) mass is 420 g/mol. The predicted octanol–water partition coefficient (Wildman–Crippen LogP) is 3.20. The summed E-state index contributed by atoms with van der Waals surface area (Å²) in [5.74, 6) is -0.313. The first-order chi connectivity index (χ1) is 14.9. The van der Waals surface area contributed by atoms with Gasteiger partial charge in [0.05, 0.1) is 11.3 Å². The Kier molecular flexibility index (Phi) is 5.95. The zero-order valence-corrected chi connectivity index (χ0v) is 17.7. The van der Waals surface area contributed by atoms with Gasteiger partial charge in [-0.2, -0.15) is 0 Å². The summed E-state index contributed by atoms with van der Waals surface area (Å²) < 4.78 is 14.9. The van der Waals surface area contributed by atoms with Gasteiger partial charge in [-0.3, -0.25) is 19.1 Å². The van der Waals surface area contributed by atoms with Crippen LogP contribution in [0.3, 0.4) is 0 Å². The van der Waals surface area contributed by atoms with Crippen molar-refractivity contribution in [2.24, 2.45) is 0 Å². The van der Waals surface area contributed by atoms with Crippen molar-refractivity contribution in [2.45, 2.75) is 39.9 Å². The van der Waals surface area contributed by atoms with Gasteiger partial charge in [0.1, 0.15) is 18.2 Å². The minimum Gasteiger partial charge on any atom is -0.324 e. The third-order valence-corrected chi connectivity index (χ3v) is 5.61. The van der Waals surface area contributed by atoms with E-state index in [1.165, 1.54) is 22.3 Å². The molecule has 0 saturated carbocycles. The van der Waals surface area contributed by atoms with Gasteiger partial charge in [-0.15, -0.1) is 0 Å². The first kappa shape index (κ1) is 20.9. The molecule has 0 aliphatic carbocycles. The number of halogens is 1. The van der Waals surface area contributed by atoms with Crippen LogP contribution in [0.5, 0.6) is 0 Å². The SMILES string of the molecule is Cc1ccc(F)cc1NC(=O)Cn1c(C)nc2c(c1=O)CN(Cc1ccccc1)CC2. The molecule has 2 aromatic carbocycles. The molecule has 0 atom stereocenters. The molecule has 6 nitrogen and oxygen atoms in total. The molecule has 2 heterocycles. The second kappa shape index (κ2) is 8.81. The first-order valence-electron chi connectivity index (χ1n) is 10.3. The molecule has 0 saturated heterocycles. The predicted molar refractivity (Wildman–Crippen MR) is 117 cm³/mol. The molecule has 0 spiro atoms. The number of rotatable bonds is 5. The van der Waals surface area contributed by atoms with Crippen molar-refractivity contribution in [2.75, 3.05) is 11.9 Å². The molecule has 0 bridgehead atoms. The fourth-order valence-electron chi connectivity index (χ4n) is 3.91. The molecule has 1 aromatic heterocycles. The average Bonchev–Trinajstić information content (AvgIpc) is 2.75. The third kappa shape index (κ3) is 4.72. The van der Waals surface area contributed by atoms with E-state index in [1.807, 2.05) is 18.2 Å². The summed E-state index contributed by atoms with van der Waals surface area (Å²) in [7, 11) is 0. The van der Waals surface area contributed by atoms with Crippen molar-refractivity contribution >= 4 is 11.6 Å². The van der Waals surface area contributed by atoms with Crippen molar-refractivity contribution < 1.29 is 9.18 Å². The molecule has 0 fully saturated rings. The van der Waals surface area contributed by atoms with Crippen LogP contribution in [0.15, 0.2) is 53.3 Å². The van der Waals surface area contributed by atoms with Gasteiger partial charge in [0.15, 0.2) is 0 Å². The summed E-state index contributed by atoms with van der Waals surface area (Å²) >= 11 is 0. The highest BCUT2D eigenvalue weighted by atomic mass is 19.1. The second-order valence-electron chi connectivity index (χ2n) is 7.93. The lowest BCUT2D eigenvalue weighted by atomic mass is 10.1. The first-order valence-corrected chi connectivity index (χ1v) is 10.3. The van der Waals surface area contributed by atoms with Gasteiger partial charge in [-0.25, -0.2) is 9.37 Å². The van der Waals surface area contributed by atoms with Gasteiger partial charge in [-0.1, -0.05) is 36.4 Å². The molecule has 0 unspecified atom stereocenters. The maximum Gasteiger partial charge on any atom is 0.258 e. The smallest absolute Gasteiger partial charge is 0.258 e. The van der Waals surface area contributed by atoms with Gasteiger partial charge in [0.25, 0.3) is 5.56 Å². The van der Waals surface area contributed by atoms with E-state index in [9.17, 15) is 14.0 Å². The number of carbonyl (C=O) groups excluding carboxylic acids is 1. The number of anilines is 1. The van der Waals surface area contributed by atoms with Crippen LogP contribution in [-0.2, 0) is 30.8 Å². The second-order valence-corrected chi connectivity index (χ2v) is 7.93. The quantitative estimate of drug-likeness (QED) is 0.688. The molecule has 1 N–H and O–H groups in total. The average molecular weight is 420 g/mol. The summed E-state index contributed by atoms with van der Waals surface area (Å²) in [5, 5.41) is 2.70. The van der Waals surface area contributed by atoms with Gasteiger partial charge in [-0.05, 0) is 37.1 Å². The van der Waals surface area contributed by atoms with E-state index < -0.39 is 11.7 Å². The highest BCUT2D eigenvalue weighted by Crippen LogP contribution is 2.18. The number of hydrogen-bond acceptors (Lipinski definition) is 4. The molecule has 160 valence electrons. The lowest BCUT2D eigenvalue weighted by molar-refractivity contribution is -0.116. The molecule has 4 rings (SSSR count). The minimum absolute atomic E-state index is 0.167. The Morgan fingerprint density at radius 2 is 1.94 bits per heavy atom. The molecule has 31 heavy (non-hydrogen) atoms. The van der Waals surface area contributed by atoms with E-state index in [0.29, 0.717) is 30.0 Å². The van der Waals surface area contributed by atoms with Crippen molar-refractivity contribution in [1.82, 2.24) is 14.5 Å². The number of aryl methyl sites for hydroxylation is 2. The number of aromatic nitrogens is 2. The normalized spacial score (nSPS) is 13.6. The van der Waals surface area contributed by atoms with Crippen molar-refractivity contribution in [3.05, 3.63) is 92.9 Å². The molecule has 3 aromatic rings. The number of carbonyl (C=O) groups is 1. The zero-order chi connectivity index (χ0) is 22.0. The molecular weight excluding hydrogens is 395 g/mol. The van der Waals surface area contributed by atoms with Crippen LogP contribution < -0.4 is 10.9 Å². The highest BCUT2D eigenvalue weighted by Gasteiger charge is 2.23. The van der Waals surface area contributed by atoms with Gasteiger partial charge in [0, 0.05) is 31.7 Å². The van der Waals surface area contributed by atoms with Crippen molar-refractivity contribution in [3.8, 4) is 0 Å². The summed E-state index contributed by atoms with van der Waals surface area (Å²) in [6.07, 6.45) is 0.702. The summed E-state index contributed by atoms with van der Waals surface area (Å²) in [6, 6.07) is 14.3. The van der Waals surface area contributed by atoms with E-state index in [-0.39, 0.29) is 12.1 Å². The third-order valence-electron chi connectivity index (χ3n) is 5.61. The number of amides is 1. The standard InChI is InChI=1S/C24H25FN4O2/c1-16-8-9-19(25)12-22(16)27-23(30)15-29-17(2)26-21-10-11-28(14-20(21)24(29)31)13-18-6-4-3-5-7-18/h3-9,12H,10-11,13-15H2,1-2H3,(H,27,30). The Bertz CT molecular complexity index is 1170. The Hall–Kier alpha value is -3.32. The van der Waals surface area contributed by atoms with E-state index in [2.05, 4.69) is 27.3 Å². The maximum atomic E-state index is 13.5. The highest BCUT2D eigenvalue weighted by molar-refractivity contribution is 5.91. The molecule has 1 aliphatic heterocycles. The van der Waals surface area contributed by atoms with Crippen LogP contribution in [-0.4, -0.2) is 26.9 Å². The molecule has 0 radical (unpaired) electrons. The van der Waals surface area contributed by atoms with Crippen LogP contribution in [0.2, 0.25) is 0 Å². The van der Waals surface area contributed by atoms with Gasteiger partial charge < -0.3 is 5.32 Å². The summed E-state index contributed by atoms with van der Waals surface area (Å²) in [6.45, 7) is 5.44. The van der Waals surface area contributed by atoms with Crippen LogP contribution in [0.4, 0.5) is 10.1 Å². The number of nitrogens with zero attached hydrogens (tertiary/aromatic N) is 3. The lowest BCUT2D eigenvalue weighted by Gasteiger charge is -2.28. The maximum absolute atomic E-state index is 13.5. The van der Waals surface area contributed by atoms with E-state index in [4.69, 9.17) is 0 Å². The Balaban J connectivity index is 1.53. The van der Waals surface area contributed by atoms with E-state index in [0.717, 1.165) is 24.3 Å². The Morgan fingerprint density at radius 3 is 2.71 bits per heavy atom. The Morgan fingerprint density at radius 1 is 1.16 bits per heavy atom.